The number of ether oxygens (including phenoxy) is 1. The van der Waals surface area contributed by atoms with Gasteiger partial charge in [0.1, 0.15) is 11.5 Å². The molecule has 1 heterocycles. The predicted octanol–water partition coefficient (Wildman–Crippen LogP) is 2.77. The van der Waals surface area contributed by atoms with Crippen LogP contribution >= 0.6 is 22.6 Å². The average molecular weight is 331 g/mol. The molecule has 0 saturated heterocycles. The molecule has 0 N–H and O–H groups in total. The average Bonchev–Trinajstić information content (AvgIpc) is 2.27. The fourth-order valence-corrected chi connectivity index (χ4v) is 2.11. The first kappa shape index (κ1) is 11.3. The summed E-state index contributed by atoms with van der Waals surface area (Å²) in [5, 5.41) is 0.664. The SMILES string of the molecule is COC(=O)c1ccc2cc(F)cc(I)c2n1. The maximum Gasteiger partial charge on any atom is 0.356 e. The molecule has 0 spiro atoms. The second kappa shape index (κ2) is 4.32. The Balaban J connectivity index is 2.66. The number of esters is 1. The van der Waals surface area contributed by atoms with Gasteiger partial charge in [-0.3, -0.25) is 0 Å². The van der Waals surface area contributed by atoms with E-state index in [1.54, 1.807) is 6.07 Å². The lowest BCUT2D eigenvalue weighted by atomic mass is 10.2. The number of nitrogens with zero attached hydrogens (tertiary/aromatic N) is 1. The summed E-state index contributed by atoms with van der Waals surface area (Å²) in [6.45, 7) is 0. The van der Waals surface area contributed by atoms with E-state index >= 15 is 0 Å². The van der Waals surface area contributed by atoms with Crippen molar-refractivity contribution in [1.82, 2.24) is 4.98 Å². The second-order valence-corrected chi connectivity index (χ2v) is 4.31. The third kappa shape index (κ3) is 1.99. The van der Waals surface area contributed by atoms with E-state index in [9.17, 15) is 9.18 Å². The molecule has 5 heteroatoms. The lowest BCUT2D eigenvalue weighted by Gasteiger charge is -2.03. The van der Waals surface area contributed by atoms with Crippen LogP contribution in [0.5, 0.6) is 0 Å². The van der Waals surface area contributed by atoms with Gasteiger partial charge in [-0.2, -0.15) is 0 Å². The molecular formula is C11H7FINO2. The van der Waals surface area contributed by atoms with Crippen LogP contribution in [0.4, 0.5) is 4.39 Å². The number of hydrogen-bond acceptors (Lipinski definition) is 3. The molecular weight excluding hydrogens is 324 g/mol. The maximum absolute atomic E-state index is 13.1. The first-order valence-corrected chi connectivity index (χ1v) is 5.54. The minimum absolute atomic E-state index is 0.222. The summed E-state index contributed by atoms with van der Waals surface area (Å²) in [6, 6.07) is 5.92. The molecule has 0 unspecified atom stereocenters. The van der Waals surface area contributed by atoms with Gasteiger partial charge >= 0.3 is 5.97 Å². The number of aromatic nitrogens is 1. The van der Waals surface area contributed by atoms with Crippen molar-refractivity contribution < 1.29 is 13.9 Å². The van der Waals surface area contributed by atoms with E-state index in [1.165, 1.54) is 25.3 Å². The number of fused-ring (bicyclic) bond motifs is 1. The van der Waals surface area contributed by atoms with Crippen molar-refractivity contribution in [2.75, 3.05) is 7.11 Å². The number of carbonyl (C=O) groups excluding carboxylic acids is 1. The van der Waals surface area contributed by atoms with Gasteiger partial charge in [0.2, 0.25) is 0 Å². The zero-order valence-electron chi connectivity index (χ0n) is 8.33. The van der Waals surface area contributed by atoms with E-state index in [-0.39, 0.29) is 11.5 Å². The summed E-state index contributed by atoms with van der Waals surface area (Å²) >= 11 is 1.98. The molecule has 0 atom stereocenters. The van der Waals surface area contributed by atoms with E-state index in [0.29, 0.717) is 14.5 Å². The zero-order valence-corrected chi connectivity index (χ0v) is 10.5. The van der Waals surface area contributed by atoms with Gasteiger partial charge in [0.05, 0.1) is 12.6 Å². The van der Waals surface area contributed by atoms with E-state index in [4.69, 9.17) is 0 Å². The Bertz CT molecular complexity index is 571. The Kier molecular flexibility index (Phi) is 3.04. The number of halogens is 2. The molecule has 0 fully saturated rings. The Labute approximate surface area is 105 Å². The van der Waals surface area contributed by atoms with Crippen LogP contribution in [-0.2, 0) is 4.74 Å². The minimum Gasteiger partial charge on any atom is -0.464 e. The van der Waals surface area contributed by atoms with Gasteiger partial charge in [0.15, 0.2) is 0 Å². The van der Waals surface area contributed by atoms with Crippen molar-refractivity contribution in [3.8, 4) is 0 Å². The quantitative estimate of drug-likeness (QED) is 0.596. The van der Waals surface area contributed by atoms with Gasteiger partial charge in [-0.05, 0) is 40.8 Å². The summed E-state index contributed by atoms with van der Waals surface area (Å²) in [5.74, 6) is -0.813. The lowest BCUT2D eigenvalue weighted by Crippen LogP contribution is -2.04. The van der Waals surface area contributed by atoms with Gasteiger partial charge in [0.25, 0.3) is 0 Å². The normalized spacial score (nSPS) is 10.4. The molecule has 0 aliphatic carbocycles. The summed E-state index contributed by atoms with van der Waals surface area (Å²) in [4.78, 5) is 15.4. The number of methoxy groups -OCH3 is 1. The van der Waals surface area contributed by atoms with Crippen LogP contribution < -0.4 is 0 Å². The number of benzene rings is 1. The highest BCUT2D eigenvalue weighted by Gasteiger charge is 2.10. The molecule has 1 aromatic heterocycles. The van der Waals surface area contributed by atoms with Crippen molar-refractivity contribution in [3.63, 3.8) is 0 Å². The molecule has 3 nitrogen and oxygen atoms in total. The molecule has 0 aliphatic rings. The molecule has 82 valence electrons. The van der Waals surface area contributed by atoms with Crippen LogP contribution in [0, 0.1) is 9.39 Å². The fourth-order valence-electron chi connectivity index (χ4n) is 1.38. The Morgan fingerprint density at radius 3 is 2.88 bits per heavy atom. The van der Waals surface area contributed by atoms with Gasteiger partial charge in [0, 0.05) is 8.96 Å². The van der Waals surface area contributed by atoms with Crippen molar-refractivity contribution in [2.24, 2.45) is 0 Å². The molecule has 0 amide bonds. The summed E-state index contributed by atoms with van der Waals surface area (Å²) in [7, 11) is 1.30. The third-order valence-corrected chi connectivity index (χ3v) is 2.93. The van der Waals surface area contributed by atoms with Crippen LogP contribution in [0.25, 0.3) is 10.9 Å². The topological polar surface area (TPSA) is 39.2 Å². The van der Waals surface area contributed by atoms with E-state index in [1.807, 2.05) is 22.6 Å². The zero-order chi connectivity index (χ0) is 11.7. The van der Waals surface area contributed by atoms with Crippen molar-refractivity contribution in [3.05, 3.63) is 39.3 Å². The van der Waals surface area contributed by atoms with Crippen LogP contribution in [0.1, 0.15) is 10.5 Å². The molecule has 2 rings (SSSR count). The van der Waals surface area contributed by atoms with Gasteiger partial charge in [-0.1, -0.05) is 6.07 Å². The highest BCUT2D eigenvalue weighted by Crippen LogP contribution is 2.21. The van der Waals surface area contributed by atoms with Gasteiger partial charge in [-0.25, -0.2) is 14.2 Å². The van der Waals surface area contributed by atoms with Gasteiger partial charge < -0.3 is 4.74 Å². The monoisotopic (exact) mass is 331 g/mol. The van der Waals surface area contributed by atoms with E-state index < -0.39 is 5.97 Å². The lowest BCUT2D eigenvalue weighted by molar-refractivity contribution is 0.0594. The van der Waals surface area contributed by atoms with Crippen LogP contribution in [0.3, 0.4) is 0 Å². The minimum atomic E-state index is -0.498. The van der Waals surface area contributed by atoms with E-state index in [2.05, 4.69) is 9.72 Å². The van der Waals surface area contributed by atoms with Crippen molar-refractivity contribution in [1.29, 1.82) is 0 Å². The molecule has 1 aromatic carbocycles. The number of pyridine rings is 1. The summed E-state index contributed by atoms with van der Waals surface area (Å²) < 4.78 is 18.3. The predicted molar refractivity (Wildman–Crippen MR) is 65.8 cm³/mol. The Morgan fingerprint density at radius 1 is 1.44 bits per heavy atom. The highest BCUT2D eigenvalue weighted by atomic mass is 127. The summed E-state index contributed by atoms with van der Waals surface area (Å²) in [6.07, 6.45) is 0. The highest BCUT2D eigenvalue weighted by molar-refractivity contribution is 14.1. The van der Waals surface area contributed by atoms with Crippen LogP contribution in [0.15, 0.2) is 24.3 Å². The number of carbonyl (C=O) groups is 1. The van der Waals surface area contributed by atoms with E-state index in [0.717, 1.165) is 0 Å². The molecule has 16 heavy (non-hydrogen) atoms. The molecule has 0 saturated carbocycles. The third-order valence-electron chi connectivity index (χ3n) is 2.11. The first-order valence-electron chi connectivity index (χ1n) is 4.46. The number of hydrogen-bond donors (Lipinski definition) is 0. The standard InChI is InChI=1S/C11H7FINO2/c1-16-11(15)9-3-2-6-4-7(12)5-8(13)10(6)14-9/h2-5H,1H3. The molecule has 0 radical (unpaired) electrons. The van der Waals surface area contributed by atoms with Gasteiger partial charge in [-0.15, -0.1) is 0 Å². The Morgan fingerprint density at radius 2 is 2.19 bits per heavy atom. The van der Waals surface area contributed by atoms with Crippen molar-refractivity contribution >= 4 is 39.5 Å². The smallest absolute Gasteiger partial charge is 0.356 e. The largest absolute Gasteiger partial charge is 0.464 e. The molecule has 0 bridgehead atoms. The maximum atomic E-state index is 13.1. The Hall–Kier alpha value is -1.24. The van der Waals surface area contributed by atoms with Crippen LogP contribution in [-0.4, -0.2) is 18.1 Å². The van der Waals surface area contributed by atoms with Crippen molar-refractivity contribution in [2.45, 2.75) is 0 Å². The van der Waals surface area contributed by atoms with Crippen LogP contribution in [0.2, 0.25) is 0 Å². The molecule has 2 aromatic rings. The number of rotatable bonds is 1. The second-order valence-electron chi connectivity index (χ2n) is 3.15. The molecule has 0 aliphatic heterocycles. The fraction of sp³-hybridized carbons (Fsp3) is 0.0909. The summed E-state index contributed by atoms with van der Waals surface area (Å²) in [5.41, 5.74) is 0.824. The first-order chi connectivity index (χ1) is 7.61.